The molecule has 12 heteroatoms. The van der Waals surface area contributed by atoms with Gasteiger partial charge in [-0.1, -0.05) is 45.0 Å². The number of amides is 1. The summed E-state index contributed by atoms with van der Waals surface area (Å²) < 4.78 is 58.7. The van der Waals surface area contributed by atoms with Gasteiger partial charge in [-0.2, -0.15) is 13.2 Å². The van der Waals surface area contributed by atoms with E-state index in [0.717, 1.165) is 30.0 Å². The summed E-state index contributed by atoms with van der Waals surface area (Å²) in [6.45, 7) is 5.61. The Labute approximate surface area is 265 Å². The molecule has 0 radical (unpaired) electrons. The number of ether oxygens (including phenoxy) is 3. The minimum Gasteiger partial charge on any atom is -0.481 e. The van der Waals surface area contributed by atoms with E-state index < -0.39 is 59.2 Å². The summed E-state index contributed by atoms with van der Waals surface area (Å²) in [5.41, 5.74) is 0.507. The average molecular weight is 642 g/mol. The zero-order valence-electron chi connectivity index (χ0n) is 26.2. The van der Waals surface area contributed by atoms with Crippen LogP contribution in [0.5, 0.6) is 5.88 Å². The van der Waals surface area contributed by atoms with Gasteiger partial charge in [0.2, 0.25) is 5.88 Å². The van der Waals surface area contributed by atoms with Gasteiger partial charge in [0.25, 0.3) is 5.91 Å². The lowest BCUT2D eigenvalue weighted by Gasteiger charge is -2.35. The fraction of sp³-hybridized carbons (Fsp3) is 0.471. The zero-order valence-corrected chi connectivity index (χ0v) is 26.2. The number of benzene rings is 1. The van der Waals surface area contributed by atoms with Gasteiger partial charge in [-0.05, 0) is 59.6 Å². The van der Waals surface area contributed by atoms with Crippen molar-refractivity contribution in [1.82, 2.24) is 14.9 Å². The molecule has 0 aliphatic carbocycles. The normalized spacial score (nSPS) is 23.7. The van der Waals surface area contributed by atoms with Gasteiger partial charge in [-0.25, -0.2) is 9.78 Å². The second kappa shape index (κ2) is 13.4. The summed E-state index contributed by atoms with van der Waals surface area (Å²) in [6, 6.07) is 9.64. The molecule has 0 bridgehead atoms. The van der Waals surface area contributed by atoms with E-state index in [0.29, 0.717) is 24.8 Å². The van der Waals surface area contributed by atoms with Gasteiger partial charge in [0.15, 0.2) is 0 Å². The maximum Gasteiger partial charge on any atom is 0.417 e. The molecule has 1 amide bonds. The van der Waals surface area contributed by atoms with Crippen molar-refractivity contribution >= 4 is 11.9 Å². The molecule has 246 valence electrons. The van der Waals surface area contributed by atoms with E-state index in [-0.39, 0.29) is 18.1 Å². The quantitative estimate of drug-likeness (QED) is 0.304. The third-order valence-corrected chi connectivity index (χ3v) is 8.72. The van der Waals surface area contributed by atoms with Crippen molar-refractivity contribution in [3.63, 3.8) is 0 Å². The highest BCUT2D eigenvalue weighted by Gasteiger charge is 2.60. The number of hydrogen-bond acceptors (Lipinski definition) is 7. The standard InChI is InChI=1S/C34H38F3N3O6/c1-33(2,3)26-28(32(42)43)40(31(41)25-11-7-8-16-45-25)27(24-10-6-5-9-23(24)20-12-14-38-15-13-20)29(26)46-19-21-17-22(34(35,36)37)18-39-30(21)44-4/h5-6,9-10,12-15,17-18,25-29H,7-8,11,16,19H2,1-4H3,(H,42,43)/t25-,26?,27?,28-,29?/m0/s1. The Morgan fingerprint density at radius 1 is 1.09 bits per heavy atom. The second-order valence-electron chi connectivity index (χ2n) is 12.7. The van der Waals surface area contributed by atoms with Crippen LogP contribution in [0.1, 0.15) is 62.8 Å². The number of nitrogens with zero attached hydrogens (tertiary/aromatic N) is 3. The lowest BCUT2D eigenvalue weighted by Crippen LogP contribution is -2.51. The van der Waals surface area contributed by atoms with Crippen molar-refractivity contribution in [3.05, 3.63) is 77.7 Å². The number of carboxylic acids is 1. The van der Waals surface area contributed by atoms with Gasteiger partial charge in [-0.3, -0.25) is 9.78 Å². The van der Waals surface area contributed by atoms with E-state index in [4.69, 9.17) is 14.2 Å². The molecule has 3 unspecified atom stereocenters. The van der Waals surface area contributed by atoms with E-state index in [9.17, 15) is 27.9 Å². The Bertz CT molecular complexity index is 1540. The topological polar surface area (TPSA) is 111 Å². The van der Waals surface area contributed by atoms with Crippen LogP contribution >= 0.6 is 0 Å². The highest BCUT2D eigenvalue weighted by molar-refractivity contribution is 5.88. The molecule has 2 fully saturated rings. The Morgan fingerprint density at radius 3 is 2.41 bits per heavy atom. The molecule has 5 rings (SSSR count). The highest BCUT2D eigenvalue weighted by Crippen LogP contribution is 2.52. The van der Waals surface area contributed by atoms with Crippen LogP contribution in [0, 0.1) is 11.3 Å². The van der Waals surface area contributed by atoms with E-state index in [1.807, 2.05) is 51.1 Å². The smallest absolute Gasteiger partial charge is 0.417 e. The van der Waals surface area contributed by atoms with Crippen molar-refractivity contribution < 1.29 is 42.1 Å². The van der Waals surface area contributed by atoms with Crippen LogP contribution in [0.4, 0.5) is 13.2 Å². The largest absolute Gasteiger partial charge is 0.481 e. The number of halogens is 3. The Kier molecular flexibility index (Phi) is 9.69. The summed E-state index contributed by atoms with van der Waals surface area (Å²) in [4.78, 5) is 37.0. The first-order valence-corrected chi connectivity index (χ1v) is 15.2. The number of carbonyl (C=O) groups excluding carboxylic acids is 1. The molecule has 5 atom stereocenters. The minimum atomic E-state index is -4.65. The highest BCUT2D eigenvalue weighted by atomic mass is 19.4. The van der Waals surface area contributed by atoms with Crippen molar-refractivity contribution in [2.45, 2.75) is 77.1 Å². The van der Waals surface area contributed by atoms with Gasteiger partial charge in [0.1, 0.15) is 12.1 Å². The molecule has 46 heavy (non-hydrogen) atoms. The number of alkyl halides is 3. The first kappa shape index (κ1) is 33.3. The molecule has 0 saturated carbocycles. The van der Waals surface area contributed by atoms with E-state index >= 15 is 0 Å². The molecular formula is C34H38F3N3O6. The predicted molar refractivity (Wildman–Crippen MR) is 162 cm³/mol. The molecule has 0 spiro atoms. The van der Waals surface area contributed by atoms with Crippen LogP contribution in [0.15, 0.2) is 61.1 Å². The number of aliphatic carboxylic acids is 1. The maximum absolute atomic E-state index is 14.4. The van der Waals surface area contributed by atoms with Gasteiger partial charge in [0.05, 0.1) is 31.4 Å². The molecule has 2 saturated heterocycles. The first-order valence-electron chi connectivity index (χ1n) is 15.2. The molecule has 1 N–H and O–H groups in total. The van der Waals surface area contributed by atoms with E-state index in [1.54, 1.807) is 18.5 Å². The fourth-order valence-electron chi connectivity index (χ4n) is 6.69. The number of carbonyl (C=O) groups is 2. The third-order valence-electron chi connectivity index (χ3n) is 8.72. The maximum atomic E-state index is 14.4. The van der Waals surface area contributed by atoms with Gasteiger partial charge >= 0.3 is 12.1 Å². The van der Waals surface area contributed by atoms with Crippen LogP contribution in [-0.4, -0.2) is 63.8 Å². The van der Waals surface area contributed by atoms with E-state index in [2.05, 4.69) is 9.97 Å². The van der Waals surface area contributed by atoms with Crippen LogP contribution in [0.25, 0.3) is 11.1 Å². The monoisotopic (exact) mass is 641 g/mol. The lowest BCUT2D eigenvalue weighted by atomic mass is 9.73. The minimum absolute atomic E-state index is 0.0402. The molecule has 2 aromatic heterocycles. The lowest BCUT2D eigenvalue weighted by molar-refractivity contribution is -0.159. The SMILES string of the molecule is COc1ncc(C(F)(F)F)cc1COC1C(c2ccccc2-c2ccncc2)N(C(=O)[C@@H]2CCCCO2)[C@H](C(=O)O)C1C(C)(C)C. The zero-order chi connectivity index (χ0) is 33.2. The summed E-state index contributed by atoms with van der Waals surface area (Å²) in [5, 5.41) is 10.8. The molecule has 4 heterocycles. The van der Waals surface area contributed by atoms with Crippen molar-refractivity contribution in [3.8, 4) is 17.0 Å². The van der Waals surface area contributed by atoms with Crippen molar-refractivity contribution in [2.24, 2.45) is 11.3 Å². The average Bonchev–Trinajstić information content (AvgIpc) is 3.39. The summed E-state index contributed by atoms with van der Waals surface area (Å²) >= 11 is 0. The molecule has 2 aliphatic heterocycles. The number of methoxy groups -OCH3 is 1. The second-order valence-corrected chi connectivity index (χ2v) is 12.7. The number of rotatable bonds is 8. The van der Waals surface area contributed by atoms with Crippen LogP contribution < -0.4 is 4.74 Å². The molecule has 9 nitrogen and oxygen atoms in total. The summed E-state index contributed by atoms with van der Waals surface area (Å²) in [6.07, 6.45) is -0.493. The van der Waals surface area contributed by atoms with Crippen LogP contribution in [0.3, 0.4) is 0 Å². The van der Waals surface area contributed by atoms with E-state index in [1.165, 1.54) is 12.0 Å². The molecule has 3 aromatic rings. The third kappa shape index (κ3) is 6.73. The van der Waals surface area contributed by atoms with Gasteiger partial charge in [-0.15, -0.1) is 0 Å². The van der Waals surface area contributed by atoms with Gasteiger partial charge < -0.3 is 24.2 Å². The van der Waals surface area contributed by atoms with Gasteiger partial charge in [0, 0.05) is 36.7 Å². The van der Waals surface area contributed by atoms with Crippen molar-refractivity contribution in [1.29, 1.82) is 0 Å². The predicted octanol–water partition coefficient (Wildman–Crippen LogP) is 6.32. The summed E-state index contributed by atoms with van der Waals surface area (Å²) in [5.74, 6) is -2.50. The Balaban J connectivity index is 1.69. The number of likely N-dealkylation sites (tertiary alicyclic amines) is 1. The van der Waals surface area contributed by atoms with Crippen LogP contribution in [-0.2, 0) is 31.8 Å². The summed E-state index contributed by atoms with van der Waals surface area (Å²) in [7, 11) is 1.30. The van der Waals surface area contributed by atoms with Crippen molar-refractivity contribution in [2.75, 3.05) is 13.7 Å². The first-order chi connectivity index (χ1) is 21.8. The molecule has 1 aromatic carbocycles. The van der Waals surface area contributed by atoms with Crippen LogP contribution in [0.2, 0.25) is 0 Å². The number of hydrogen-bond donors (Lipinski definition) is 1. The molecular weight excluding hydrogens is 603 g/mol. The molecule has 2 aliphatic rings. The number of carboxylic acid groups (broad SMARTS) is 1. The Morgan fingerprint density at radius 2 is 1.80 bits per heavy atom. The fourth-order valence-corrected chi connectivity index (χ4v) is 6.69. The Hall–Kier alpha value is -4.03. The number of aromatic nitrogens is 2. The number of pyridine rings is 2.